The van der Waals surface area contributed by atoms with Crippen LogP contribution in [0.2, 0.25) is 0 Å². The summed E-state index contributed by atoms with van der Waals surface area (Å²) in [6.07, 6.45) is 0.334. The summed E-state index contributed by atoms with van der Waals surface area (Å²) in [6.45, 7) is 3.04. The van der Waals surface area contributed by atoms with Crippen molar-refractivity contribution in [3.05, 3.63) is 77.5 Å². The summed E-state index contributed by atoms with van der Waals surface area (Å²) in [5.74, 6) is -1.26. The lowest BCUT2D eigenvalue weighted by molar-refractivity contribution is 0.107. The van der Waals surface area contributed by atoms with E-state index < -0.39 is 47.2 Å². The second kappa shape index (κ2) is 14.7. The van der Waals surface area contributed by atoms with E-state index in [1.165, 1.54) is 29.3 Å². The van der Waals surface area contributed by atoms with E-state index in [1.54, 1.807) is 17.9 Å². The largest absolute Gasteiger partial charge is 0.461 e. The lowest BCUT2D eigenvalue weighted by atomic mass is 9.90. The Labute approximate surface area is 342 Å². The van der Waals surface area contributed by atoms with E-state index in [9.17, 15) is 14.0 Å². The minimum Gasteiger partial charge on any atom is -0.461 e. The Hall–Kier alpha value is -5.77. The minimum atomic E-state index is -1.42. The van der Waals surface area contributed by atoms with Crippen LogP contribution in [0.5, 0.6) is 11.8 Å². The smallest absolute Gasteiger partial charge is 0.419 e. The third kappa shape index (κ3) is 6.78. The van der Waals surface area contributed by atoms with Crippen LogP contribution in [0.3, 0.4) is 0 Å². The molecule has 4 atom stereocenters. The van der Waals surface area contributed by atoms with Gasteiger partial charge in [0.2, 0.25) is 0 Å². The van der Waals surface area contributed by atoms with Crippen LogP contribution in [0.4, 0.5) is 38.7 Å². The van der Waals surface area contributed by atoms with Crippen LogP contribution < -0.4 is 24.6 Å². The maximum Gasteiger partial charge on any atom is 0.419 e. The summed E-state index contributed by atoms with van der Waals surface area (Å²) in [5.41, 5.74) is -0.0246. The number of aryl methyl sites for hydroxylation is 1. The van der Waals surface area contributed by atoms with Gasteiger partial charge in [-0.15, -0.1) is 0 Å². The number of fused-ring (bicyclic) bond motifs is 8. The Balaban J connectivity index is 1.13. The van der Waals surface area contributed by atoms with Gasteiger partial charge in [0.25, 0.3) is 0 Å². The van der Waals surface area contributed by atoms with Crippen molar-refractivity contribution >= 4 is 45.4 Å². The van der Waals surface area contributed by atoms with E-state index in [4.69, 9.17) is 19.2 Å². The number of hydrogen-bond donors (Lipinski definition) is 1. The van der Waals surface area contributed by atoms with Crippen LogP contribution in [-0.2, 0) is 17.6 Å². The summed E-state index contributed by atoms with van der Waals surface area (Å²) in [6, 6.07) is 13.2. The van der Waals surface area contributed by atoms with Crippen molar-refractivity contribution in [3.8, 4) is 23.0 Å². The van der Waals surface area contributed by atoms with Crippen LogP contribution in [0, 0.1) is 11.6 Å². The number of anilines is 2. The predicted octanol–water partition coefficient (Wildman–Crippen LogP) is 7.62. The molecule has 11 rings (SSSR count). The zero-order chi connectivity index (χ0) is 41.3. The highest BCUT2D eigenvalue weighted by atomic mass is 19.1. The van der Waals surface area contributed by atoms with E-state index >= 15 is 13.2 Å². The molecule has 2 amide bonds. The molecule has 60 heavy (non-hydrogen) atoms. The van der Waals surface area contributed by atoms with E-state index in [2.05, 4.69) is 20.2 Å². The minimum absolute atomic E-state index is 0.0236. The lowest BCUT2D eigenvalue weighted by Gasteiger charge is -2.42. The molecule has 8 heterocycles. The third-order valence-electron chi connectivity index (χ3n) is 12.7. The fraction of sp³-hybridized carbons (Fsp3) is 0.432. The zero-order valence-electron chi connectivity index (χ0n) is 33.0. The maximum atomic E-state index is 17.6. The first kappa shape index (κ1) is 38.4. The van der Waals surface area contributed by atoms with Crippen molar-refractivity contribution in [2.45, 2.75) is 75.3 Å². The van der Waals surface area contributed by atoms with Crippen LogP contribution >= 0.6 is 0 Å². The number of hydrogen-bond acceptors (Lipinski definition) is 10. The van der Waals surface area contributed by atoms with Crippen molar-refractivity contribution < 1.29 is 41.4 Å². The Morgan fingerprint density at radius 2 is 1.87 bits per heavy atom. The van der Waals surface area contributed by atoms with Crippen LogP contribution in [0.1, 0.15) is 50.2 Å². The molecular formula is C44H43F4N7O5. The molecule has 6 aliphatic rings. The van der Waals surface area contributed by atoms with Gasteiger partial charge in [0.1, 0.15) is 47.5 Å². The topological polar surface area (TPSA) is 122 Å². The van der Waals surface area contributed by atoms with Gasteiger partial charge >= 0.3 is 18.2 Å². The molecule has 3 fully saturated rings. The first-order valence-corrected chi connectivity index (χ1v) is 20.5. The second-order valence-electron chi connectivity index (χ2n) is 17.0. The summed E-state index contributed by atoms with van der Waals surface area (Å²) < 4.78 is 81.8. The molecular weight excluding hydrogens is 783 g/mol. The number of benzene rings is 3. The van der Waals surface area contributed by atoms with Crippen molar-refractivity contribution in [1.29, 1.82) is 0 Å². The van der Waals surface area contributed by atoms with Gasteiger partial charge < -0.3 is 24.4 Å². The quantitative estimate of drug-likeness (QED) is 0.181. The molecule has 3 aromatic carbocycles. The monoisotopic (exact) mass is 825 g/mol. The number of alkyl halides is 2. The third-order valence-corrected chi connectivity index (χ3v) is 12.7. The molecule has 0 saturated carbocycles. The number of aromatic nitrogens is 3. The Bertz CT molecular complexity index is 2560. The van der Waals surface area contributed by atoms with Crippen LogP contribution in [-0.4, -0.2) is 101 Å². The molecule has 1 N–H and O–H groups in total. The van der Waals surface area contributed by atoms with Gasteiger partial charge in [-0.3, -0.25) is 14.8 Å². The Morgan fingerprint density at radius 3 is 2.75 bits per heavy atom. The highest BCUT2D eigenvalue weighted by molar-refractivity contribution is 6.02. The summed E-state index contributed by atoms with van der Waals surface area (Å²) in [7, 11) is 0. The number of rotatable bonds is 4. The van der Waals surface area contributed by atoms with Gasteiger partial charge in [-0.05, 0) is 91.7 Å². The first-order chi connectivity index (χ1) is 29.0. The van der Waals surface area contributed by atoms with Crippen molar-refractivity contribution in [3.63, 3.8) is 0 Å². The van der Waals surface area contributed by atoms with Gasteiger partial charge in [0, 0.05) is 44.2 Å². The highest BCUT2D eigenvalue weighted by Gasteiger charge is 2.49. The molecule has 0 aliphatic carbocycles. The number of carbonyl (C=O) groups excluding carboxylic acids is 2. The van der Waals surface area contributed by atoms with E-state index in [0.29, 0.717) is 36.7 Å². The van der Waals surface area contributed by atoms with E-state index in [-0.39, 0.29) is 97.3 Å². The number of ether oxygens (including phenoxy) is 3. The predicted molar refractivity (Wildman–Crippen MR) is 215 cm³/mol. The van der Waals surface area contributed by atoms with Gasteiger partial charge in [-0.1, -0.05) is 24.3 Å². The van der Waals surface area contributed by atoms with E-state index in [0.717, 1.165) is 24.2 Å². The molecule has 312 valence electrons. The molecule has 0 spiro atoms. The summed E-state index contributed by atoms with van der Waals surface area (Å²) in [5, 5.41) is 3.73. The molecule has 6 aliphatic heterocycles. The first-order valence-electron chi connectivity index (χ1n) is 20.5. The number of halogens is 4. The Morgan fingerprint density at radius 1 is 1.02 bits per heavy atom. The van der Waals surface area contributed by atoms with E-state index in [1.807, 2.05) is 24.3 Å². The molecule has 6 bridgehead atoms. The standard InChI is InChI=1S/C44H43F4N7O5/c1-43-18-27(45)21-53(23-43)39-32-20-49-37(36(48)38(32)50-40(51-39)59-24-44-12-5-13-54(44)22-28(46)19-44)31-17-29(60-42(57)55-14-11-25-6-2-3-8-34(25)55)16-26-9-10-33(47)30(35(26)31)7-4-15-58-41(56)52-43/h2-3,6,8-10,16-17,20,27-28H,4-5,7,11-15,18-19,21-24H2,1H3,(H,52,56)/t27-,28-,43-,44+/m1/s1. The number of carbonyl (C=O) groups is 2. The molecule has 3 saturated heterocycles. The average Bonchev–Trinajstić information content (AvgIpc) is 3.91. The lowest BCUT2D eigenvalue weighted by Crippen LogP contribution is -2.60. The molecule has 0 unspecified atom stereocenters. The fourth-order valence-electron chi connectivity index (χ4n) is 10.1. The number of piperidine rings is 1. The number of para-hydroxylation sites is 1. The molecule has 16 heteroatoms. The van der Waals surface area contributed by atoms with Crippen molar-refractivity contribution in [2.75, 3.05) is 55.7 Å². The summed E-state index contributed by atoms with van der Waals surface area (Å²) >= 11 is 0. The van der Waals surface area contributed by atoms with Crippen LogP contribution in [0.15, 0.2) is 54.7 Å². The normalized spacial score (nSPS) is 25.3. The zero-order valence-corrected chi connectivity index (χ0v) is 33.0. The fourth-order valence-corrected chi connectivity index (χ4v) is 10.1. The number of alkyl carbamates (subject to hydrolysis) is 1. The second-order valence-corrected chi connectivity index (χ2v) is 17.0. The van der Waals surface area contributed by atoms with Gasteiger partial charge in [-0.2, -0.15) is 9.97 Å². The van der Waals surface area contributed by atoms with Gasteiger partial charge in [0.05, 0.1) is 35.3 Å². The molecule has 2 aromatic heterocycles. The average molecular weight is 826 g/mol. The number of nitrogens with one attached hydrogen (secondary N) is 1. The molecule has 0 radical (unpaired) electrons. The maximum absolute atomic E-state index is 17.6. The highest BCUT2D eigenvalue weighted by Crippen LogP contribution is 2.43. The Kier molecular flexibility index (Phi) is 9.45. The number of nitrogens with zero attached hydrogens (tertiary/aromatic N) is 6. The van der Waals surface area contributed by atoms with Crippen molar-refractivity contribution in [2.24, 2.45) is 0 Å². The van der Waals surface area contributed by atoms with Gasteiger partial charge in [0.15, 0.2) is 5.82 Å². The van der Waals surface area contributed by atoms with Crippen LogP contribution in [0.25, 0.3) is 32.9 Å². The molecule has 5 aromatic rings. The number of amides is 2. The summed E-state index contributed by atoms with van der Waals surface area (Å²) in [4.78, 5) is 46.0. The van der Waals surface area contributed by atoms with Gasteiger partial charge in [-0.25, -0.2) is 27.2 Å². The molecule has 12 nitrogen and oxygen atoms in total. The van der Waals surface area contributed by atoms with Crippen molar-refractivity contribution in [1.82, 2.24) is 25.2 Å². The SMILES string of the molecule is C[C@@]12C[C@@H](F)CN(C1)c1nc(OC[C@@]34CCCN3C[C@H](F)C4)nc3c(F)c(ncc13)-c1cc(OC(=O)N3CCc4ccccc43)cc3ccc(F)c(c13)CCCOC(=O)N2. The number of pyridine rings is 1.